The lowest BCUT2D eigenvalue weighted by atomic mass is 10.2. The van der Waals surface area contributed by atoms with Crippen LogP contribution in [0.3, 0.4) is 0 Å². The first kappa shape index (κ1) is 22.4. The Bertz CT molecular complexity index is 638. The van der Waals surface area contributed by atoms with Gasteiger partial charge in [0.05, 0.1) is 23.8 Å². The fraction of sp³-hybridized carbons (Fsp3) is 0.722. The highest BCUT2D eigenvalue weighted by Crippen LogP contribution is 2.15. The van der Waals surface area contributed by atoms with Crippen molar-refractivity contribution in [2.75, 3.05) is 46.3 Å². The molecule has 2 saturated heterocycles. The molecule has 1 aromatic heterocycles. The molecule has 27 heavy (non-hydrogen) atoms. The van der Waals surface area contributed by atoms with Crippen LogP contribution in [0.15, 0.2) is 10.5 Å². The SMILES string of the molecule is CN=C(NCc1scnc1C)N1CCN(C(C)C(=O)N2CCCC2)CC1.I. The molecule has 9 heteroatoms. The van der Waals surface area contributed by atoms with E-state index in [-0.39, 0.29) is 30.0 Å². The quantitative estimate of drug-likeness (QED) is 0.383. The molecule has 0 spiro atoms. The van der Waals surface area contributed by atoms with Crippen molar-refractivity contribution >= 4 is 47.2 Å². The molecule has 1 atom stereocenters. The van der Waals surface area contributed by atoms with Crippen molar-refractivity contribution < 1.29 is 4.79 Å². The second-order valence-electron chi connectivity index (χ2n) is 6.99. The lowest BCUT2D eigenvalue weighted by Crippen LogP contribution is -2.57. The van der Waals surface area contributed by atoms with E-state index in [1.807, 2.05) is 24.4 Å². The molecule has 3 heterocycles. The molecule has 0 aliphatic carbocycles. The number of carbonyl (C=O) groups is 1. The zero-order valence-electron chi connectivity index (χ0n) is 16.5. The van der Waals surface area contributed by atoms with Crippen LogP contribution in [0, 0.1) is 6.92 Å². The number of hydrogen-bond donors (Lipinski definition) is 1. The number of rotatable bonds is 4. The summed E-state index contributed by atoms with van der Waals surface area (Å²) >= 11 is 1.67. The van der Waals surface area contributed by atoms with Gasteiger partial charge in [0, 0.05) is 51.2 Å². The number of nitrogens with zero attached hydrogens (tertiary/aromatic N) is 5. The van der Waals surface area contributed by atoms with E-state index in [0.717, 1.165) is 70.3 Å². The van der Waals surface area contributed by atoms with Crippen molar-refractivity contribution in [3.05, 3.63) is 16.1 Å². The van der Waals surface area contributed by atoms with E-state index in [2.05, 4.69) is 32.0 Å². The number of halogens is 1. The molecule has 2 aliphatic heterocycles. The Morgan fingerprint density at radius 3 is 2.44 bits per heavy atom. The fourth-order valence-electron chi connectivity index (χ4n) is 3.67. The molecule has 7 nitrogen and oxygen atoms in total. The number of piperazine rings is 1. The average Bonchev–Trinajstić information content (AvgIpc) is 3.34. The minimum atomic E-state index is -0.0231. The first-order valence-electron chi connectivity index (χ1n) is 9.47. The van der Waals surface area contributed by atoms with Gasteiger partial charge in [0.2, 0.25) is 5.91 Å². The number of amides is 1. The number of carbonyl (C=O) groups excluding carboxylic acids is 1. The number of aryl methyl sites for hydroxylation is 1. The van der Waals surface area contributed by atoms with Gasteiger partial charge in [-0.05, 0) is 26.7 Å². The molecule has 1 unspecified atom stereocenters. The third-order valence-corrected chi connectivity index (χ3v) is 6.34. The summed E-state index contributed by atoms with van der Waals surface area (Å²) in [6.07, 6.45) is 2.29. The van der Waals surface area contributed by atoms with Gasteiger partial charge in [-0.15, -0.1) is 35.3 Å². The summed E-state index contributed by atoms with van der Waals surface area (Å²) in [6.45, 7) is 10.3. The summed E-state index contributed by atoms with van der Waals surface area (Å²) in [7, 11) is 1.83. The van der Waals surface area contributed by atoms with Crippen LogP contribution in [0.4, 0.5) is 0 Å². The van der Waals surface area contributed by atoms with E-state index in [9.17, 15) is 4.79 Å². The molecule has 1 amide bonds. The molecule has 0 bridgehead atoms. The van der Waals surface area contributed by atoms with Gasteiger partial charge in [-0.1, -0.05) is 0 Å². The summed E-state index contributed by atoms with van der Waals surface area (Å²) in [5.41, 5.74) is 2.96. The Hall–Kier alpha value is -0.940. The first-order chi connectivity index (χ1) is 12.6. The zero-order chi connectivity index (χ0) is 18.5. The van der Waals surface area contributed by atoms with Gasteiger partial charge in [-0.2, -0.15) is 0 Å². The monoisotopic (exact) mass is 506 g/mol. The van der Waals surface area contributed by atoms with Crippen molar-refractivity contribution in [2.45, 2.75) is 39.3 Å². The van der Waals surface area contributed by atoms with Gasteiger partial charge >= 0.3 is 0 Å². The summed E-state index contributed by atoms with van der Waals surface area (Å²) < 4.78 is 0. The minimum Gasteiger partial charge on any atom is -0.351 e. The maximum atomic E-state index is 12.6. The lowest BCUT2D eigenvalue weighted by Gasteiger charge is -2.39. The van der Waals surface area contributed by atoms with Crippen LogP contribution >= 0.6 is 35.3 Å². The van der Waals surface area contributed by atoms with E-state index in [1.165, 1.54) is 4.88 Å². The van der Waals surface area contributed by atoms with Crippen LogP contribution in [0.5, 0.6) is 0 Å². The fourth-order valence-corrected chi connectivity index (χ4v) is 4.38. The van der Waals surface area contributed by atoms with Crippen molar-refractivity contribution in [3.8, 4) is 0 Å². The second-order valence-corrected chi connectivity index (χ2v) is 7.93. The van der Waals surface area contributed by atoms with Gasteiger partial charge in [0.15, 0.2) is 5.96 Å². The number of guanidine groups is 1. The third-order valence-electron chi connectivity index (χ3n) is 5.40. The maximum Gasteiger partial charge on any atom is 0.239 e. The summed E-state index contributed by atoms with van der Waals surface area (Å²) in [5.74, 6) is 1.22. The average molecular weight is 506 g/mol. The second kappa shape index (κ2) is 10.6. The van der Waals surface area contributed by atoms with Crippen molar-refractivity contribution in [1.82, 2.24) is 25.0 Å². The summed E-state index contributed by atoms with van der Waals surface area (Å²) in [4.78, 5) is 29.2. The number of thiazole rings is 1. The Labute approximate surface area is 183 Å². The maximum absolute atomic E-state index is 12.6. The van der Waals surface area contributed by atoms with Crippen LogP contribution in [-0.4, -0.2) is 83.9 Å². The first-order valence-corrected chi connectivity index (χ1v) is 10.4. The van der Waals surface area contributed by atoms with Crippen molar-refractivity contribution in [1.29, 1.82) is 0 Å². The molecular weight excluding hydrogens is 475 g/mol. The number of aliphatic imine (C=N–C) groups is 1. The molecular formula is C18H31IN6OS. The van der Waals surface area contributed by atoms with E-state index in [4.69, 9.17) is 0 Å². The van der Waals surface area contributed by atoms with Crippen molar-refractivity contribution in [2.24, 2.45) is 4.99 Å². The number of nitrogens with one attached hydrogen (secondary N) is 1. The summed E-state index contributed by atoms with van der Waals surface area (Å²) in [6, 6.07) is -0.0231. The van der Waals surface area contributed by atoms with E-state index >= 15 is 0 Å². The molecule has 0 aromatic carbocycles. The smallest absolute Gasteiger partial charge is 0.239 e. The van der Waals surface area contributed by atoms with Crippen LogP contribution in [0.2, 0.25) is 0 Å². The number of aromatic nitrogens is 1. The number of hydrogen-bond acceptors (Lipinski definition) is 5. The van der Waals surface area contributed by atoms with Gasteiger partial charge < -0.3 is 15.1 Å². The van der Waals surface area contributed by atoms with Crippen LogP contribution < -0.4 is 5.32 Å². The molecule has 1 aromatic rings. The molecule has 0 radical (unpaired) electrons. The molecule has 2 aliphatic rings. The highest BCUT2D eigenvalue weighted by atomic mass is 127. The number of likely N-dealkylation sites (tertiary alicyclic amines) is 1. The van der Waals surface area contributed by atoms with Crippen LogP contribution in [-0.2, 0) is 11.3 Å². The van der Waals surface area contributed by atoms with Gasteiger partial charge in [0.25, 0.3) is 0 Å². The van der Waals surface area contributed by atoms with Gasteiger partial charge in [0.1, 0.15) is 0 Å². The van der Waals surface area contributed by atoms with Crippen LogP contribution in [0.25, 0.3) is 0 Å². The highest BCUT2D eigenvalue weighted by Gasteiger charge is 2.30. The lowest BCUT2D eigenvalue weighted by molar-refractivity contribution is -0.135. The van der Waals surface area contributed by atoms with E-state index < -0.39 is 0 Å². The Morgan fingerprint density at radius 1 is 1.22 bits per heavy atom. The minimum absolute atomic E-state index is 0. The highest BCUT2D eigenvalue weighted by molar-refractivity contribution is 14.0. The molecule has 1 N–H and O–H groups in total. The van der Waals surface area contributed by atoms with E-state index in [1.54, 1.807) is 11.3 Å². The van der Waals surface area contributed by atoms with Gasteiger partial charge in [-0.25, -0.2) is 4.98 Å². The van der Waals surface area contributed by atoms with Crippen molar-refractivity contribution in [3.63, 3.8) is 0 Å². The zero-order valence-corrected chi connectivity index (χ0v) is 19.6. The third kappa shape index (κ3) is 5.54. The predicted molar refractivity (Wildman–Crippen MR) is 121 cm³/mol. The Balaban J connectivity index is 0.00000261. The normalized spacial score (nSPS) is 19.7. The van der Waals surface area contributed by atoms with Crippen LogP contribution in [0.1, 0.15) is 30.3 Å². The Morgan fingerprint density at radius 2 is 1.89 bits per heavy atom. The van der Waals surface area contributed by atoms with E-state index in [0.29, 0.717) is 5.91 Å². The standard InChI is InChI=1S/C18H30N6OS.HI/c1-14-16(26-13-21-14)12-20-18(19-3)24-10-8-22(9-11-24)15(2)17(25)23-6-4-5-7-23;/h13,15H,4-12H2,1-3H3,(H,19,20);1H. The predicted octanol–water partition coefficient (Wildman–Crippen LogP) is 1.77. The topological polar surface area (TPSA) is 64.1 Å². The molecule has 2 fully saturated rings. The Kier molecular flexibility index (Phi) is 8.74. The summed E-state index contributed by atoms with van der Waals surface area (Å²) in [5, 5.41) is 3.45. The molecule has 152 valence electrons. The largest absolute Gasteiger partial charge is 0.351 e. The molecule has 0 saturated carbocycles. The van der Waals surface area contributed by atoms with Gasteiger partial charge in [-0.3, -0.25) is 14.7 Å². The molecule has 3 rings (SSSR count).